The maximum atomic E-state index is 9.55. The Hall–Kier alpha value is -2.59. The van der Waals surface area contributed by atoms with Gasteiger partial charge in [-0.15, -0.1) is 0 Å². The Kier molecular flexibility index (Phi) is 2.78. The van der Waals surface area contributed by atoms with E-state index in [2.05, 4.69) is 37.3 Å². The number of nitriles is 1. The highest BCUT2D eigenvalue weighted by atomic mass is 14.3. The minimum Gasteiger partial charge on any atom is -0.192 e. The average Bonchev–Trinajstić information content (AvgIpc) is 2.46. The maximum absolute atomic E-state index is 9.55. The third kappa shape index (κ3) is 1.88. The van der Waals surface area contributed by atoms with Crippen LogP contribution in [0, 0.1) is 18.3 Å². The van der Waals surface area contributed by atoms with Gasteiger partial charge in [-0.1, -0.05) is 60.7 Å². The van der Waals surface area contributed by atoms with E-state index in [9.17, 15) is 5.26 Å². The van der Waals surface area contributed by atoms with Crippen molar-refractivity contribution < 1.29 is 0 Å². The molecule has 90 valence electrons. The van der Waals surface area contributed by atoms with E-state index in [0.717, 1.165) is 33.0 Å². The standard InChI is InChI=1S/C18H13N/c1-13-11-15-9-5-6-10-16(15)17(12-19)18(13)14-7-3-2-4-8-14/h2-11H,1H3. The van der Waals surface area contributed by atoms with Gasteiger partial charge in [-0.25, -0.2) is 0 Å². The summed E-state index contributed by atoms with van der Waals surface area (Å²) in [5, 5.41) is 11.7. The van der Waals surface area contributed by atoms with Gasteiger partial charge in [-0.2, -0.15) is 5.26 Å². The molecule has 0 saturated carbocycles. The van der Waals surface area contributed by atoms with Crippen molar-refractivity contribution in [1.82, 2.24) is 0 Å². The molecule has 3 aromatic carbocycles. The SMILES string of the molecule is Cc1cc2ccccc2c(C#N)c1-c1ccccc1. The molecule has 1 heteroatoms. The normalized spacial score (nSPS) is 10.3. The average molecular weight is 243 g/mol. The van der Waals surface area contributed by atoms with Crippen molar-refractivity contribution in [2.75, 3.05) is 0 Å². The highest BCUT2D eigenvalue weighted by molar-refractivity contribution is 5.95. The molecular weight excluding hydrogens is 230 g/mol. The number of hydrogen-bond donors (Lipinski definition) is 0. The summed E-state index contributed by atoms with van der Waals surface area (Å²) >= 11 is 0. The van der Waals surface area contributed by atoms with E-state index in [-0.39, 0.29) is 0 Å². The van der Waals surface area contributed by atoms with Crippen LogP contribution in [0.3, 0.4) is 0 Å². The predicted molar refractivity (Wildman–Crippen MR) is 78.8 cm³/mol. The van der Waals surface area contributed by atoms with Crippen LogP contribution in [-0.4, -0.2) is 0 Å². The Labute approximate surface area is 112 Å². The highest BCUT2D eigenvalue weighted by Crippen LogP contribution is 2.32. The molecule has 19 heavy (non-hydrogen) atoms. The van der Waals surface area contributed by atoms with E-state index in [1.54, 1.807) is 0 Å². The van der Waals surface area contributed by atoms with Gasteiger partial charge in [0.25, 0.3) is 0 Å². The van der Waals surface area contributed by atoms with Crippen LogP contribution in [0.5, 0.6) is 0 Å². The molecule has 3 aromatic rings. The van der Waals surface area contributed by atoms with Gasteiger partial charge in [-0.3, -0.25) is 0 Å². The molecule has 0 aliphatic heterocycles. The van der Waals surface area contributed by atoms with E-state index in [0.29, 0.717) is 0 Å². The molecule has 0 amide bonds. The minimum absolute atomic E-state index is 0.766. The number of benzene rings is 3. The summed E-state index contributed by atoms with van der Waals surface area (Å²) in [6.45, 7) is 2.07. The maximum Gasteiger partial charge on any atom is 0.100 e. The van der Waals surface area contributed by atoms with Crippen molar-refractivity contribution in [3.63, 3.8) is 0 Å². The fourth-order valence-electron chi connectivity index (χ4n) is 2.58. The van der Waals surface area contributed by atoms with E-state index in [1.807, 2.05) is 36.4 Å². The Morgan fingerprint density at radius 2 is 1.58 bits per heavy atom. The topological polar surface area (TPSA) is 23.8 Å². The molecule has 0 radical (unpaired) electrons. The van der Waals surface area contributed by atoms with Gasteiger partial charge < -0.3 is 0 Å². The first-order chi connectivity index (χ1) is 9.31. The van der Waals surface area contributed by atoms with E-state index in [1.165, 1.54) is 0 Å². The van der Waals surface area contributed by atoms with Gasteiger partial charge in [0.2, 0.25) is 0 Å². The molecule has 0 aliphatic rings. The lowest BCUT2D eigenvalue weighted by Crippen LogP contribution is -1.91. The zero-order valence-electron chi connectivity index (χ0n) is 10.7. The van der Waals surface area contributed by atoms with Crippen LogP contribution in [0.1, 0.15) is 11.1 Å². The van der Waals surface area contributed by atoms with E-state index < -0.39 is 0 Å². The fraction of sp³-hybridized carbons (Fsp3) is 0.0556. The van der Waals surface area contributed by atoms with Crippen molar-refractivity contribution in [1.29, 1.82) is 5.26 Å². The van der Waals surface area contributed by atoms with Gasteiger partial charge in [0, 0.05) is 10.9 Å². The van der Waals surface area contributed by atoms with Gasteiger partial charge in [0.1, 0.15) is 6.07 Å². The second-order valence-electron chi connectivity index (χ2n) is 4.64. The van der Waals surface area contributed by atoms with Crippen LogP contribution < -0.4 is 0 Å². The Morgan fingerprint density at radius 3 is 2.32 bits per heavy atom. The second-order valence-corrected chi connectivity index (χ2v) is 4.64. The van der Waals surface area contributed by atoms with Crippen LogP contribution in [0.2, 0.25) is 0 Å². The molecule has 0 saturated heterocycles. The molecule has 0 spiro atoms. The Balaban J connectivity index is 2.43. The predicted octanol–water partition coefficient (Wildman–Crippen LogP) is 4.69. The summed E-state index contributed by atoms with van der Waals surface area (Å²) in [5.74, 6) is 0. The lowest BCUT2D eigenvalue weighted by atomic mass is 9.91. The third-order valence-corrected chi connectivity index (χ3v) is 3.42. The second kappa shape index (κ2) is 4.59. The summed E-state index contributed by atoms with van der Waals surface area (Å²) in [5.41, 5.74) is 4.05. The first-order valence-electron chi connectivity index (χ1n) is 6.29. The number of nitrogens with zero attached hydrogens (tertiary/aromatic N) is 1. The van der Waals surface area contributed by atoms with Crippen LogP contribution in [0.15, 0.2) is 60.7 Å². The first-order valence-corrected chi connectivity index (χ1v) is 6.29. The zero-order valence-corrected chi connectivity index (χ0v) is 10.7. The van der Waals surface area contributed by atoms with Crippen molar-refractivity contribution in [3.05, 3.63) is 71.8 Å². The van der Waals surface area contributed by atoms with Gasteiger partial charge in [0.05, 0.1) is 5.56 Å². The summed E-state index contributed by atoms with van der Waals surface area (Å²) < 4.78 is 0. The smallest absolute Gasteiger partial charge is 0.100 e. The van der Waals surface area contributed by atoms with Crippen molar-refractivity contribution in [2.24, 2.45) is 0 Å². The van der Waals surface area contributed by atoms with E-state index >= 15 is 0 Å². The Morgan fingerprint density at radius 1 is 0.895 bits per heavy atom. The molecular formula is C18H13N. The van der Waals surface area contributed by atoms with Crippen molar-refractivity contribution in [2.45, 2.75) is 6.92 Å². The monoisotopic (exact) mass is 243 g/mol. The summed E-state index contributed by atoms with van der Waals surface area (Å²) in [7, 11) is 0. The van der Waals surface area contributed by atoms with Gasteiger partial charge in [-0.05, 0) is 23.4 Å². The third-order valence-electron chi connectivity index (χ3n) is 3.42. The van der Waals surface area contributed by atoms with Crippen LogP contribution in [0.4, 0.5) is 0 Å². The molecule has 0 N–H and O–H groups in total. The lowest BCUT2D eigenvalue weighted by molar-refractivity contribution is 1.44. The zero-order chi connectivity index (χ0) is 13.2. The molecule has 0 fully saturated rings. The van der Waals surface area contributed by atoms with Crippen LogP contribution in [-0.2, 0) is 0 Å². The summed E-state index contributed by atoms with van der Waals surface area (Å²) in [6.07, 6.45) is 0. The molecule has 0 unspecified atom stereocenters. The Bertz CT molecular complexity index is 780. The summed E-state index contributed by atoms with van der Waals surface area (Å²) in [6, 6.07) is 22.7. The summed E-state index contributed by atoms with van der Waals surface area (Å²) in [4.78, 5) is 0. The molecule has 0 heterocycles. The molecule has 0 bridgehead atoms. The van der Waals surface area contributed by atoms with Gasteiger partial charge in [0.15, 0.2) is 0 Å². The first kappa shape index (κ1) is 11.5. The quantitative estimate of drug-likeness (QED) is 0.608. The molecule has 0 aliphatic carbocycles. The number of hydrogen-bond acceptors (Lipinski definition) is 1. The largest absolute Gasteiger partial charge is 0.192 e. The molecule has 3 rings (SSSR count). The molecule has 1 nitrogen and oxygen atoms in total. The van der Waals surface area contributed by atoms with Crippen molar-refractivity contribution >= 4 is 10.8 Å². The minimum atomic E-state index is 0.766. The molecule has 0 atom stereocenters. The number of aryl methyl sites for hydroxylation is 1. The molecule has 0 aromatic heterocycles. The number of fused-ring (bicyclic) bond motifs is 1. The lowest BCUT2D eigenvalue weighted by Gasteiger charge is -2.11. The van der Waals surface area contributed by atoms with Crippen LogP contribution in [0.25, 0.3) is 21.9 Å². The highest BCUT2D eigenvalue weighted by Gasteiger charge is 2.12. The van der Waals surface area contributed by atoms with Gasteiger partial charge >= 0.3 is 0 Å². The van der Waals surface area contributed by atoms with E-state index in [4.69, 9.17) is 0 Å². The number of rotatable bonds is 1. The van der Waals surface area contributed by atoms with Crippen molar-refractivity contribution in [3.8, 4) is 17.2 Å². The fourth-order valence-corrected chi connectivity index (χ4v) is 2.58. The van der Waals surface area contributed by atoms with Crippen LogP contribution >= 0.6 is 0 Å².